The molecule has 0 fully saturated rings. The van der Waals surface area contributed by atoms with Crippen LogP contribution in [0, 0.1) is 21.4 Å². The molecular weight excluding hydrogens is 301 g/mol. The Morgan fingerprint density at radius 2 is 2.10 bits per heavy atom. The minimum Gasteiger partial charge on any atom is -0.465 e. The summed E-state index contributed by atoms with van der Waals surface area (Å²) in [6.07, 6.45) is 0. The first-order chi connectivity index (χ1) is 9.19. The van der Waals surface area contributed by atoms with Gasteiger partial charge in [-0.05, 0) is 11.8 Å². The van der Waals surface area contributed by atoms with Gasteiger partial charge in [-0.25, -0.2) is 4.79 Å². The Morgan fingerprint density at radius 1 is 1.50 bits per heavy atom. The van der Waals surface area contributed by atoms with Crippen LogP contribution in [0.3, 0.4) is 0 Å². The molecule has 106 valence electrons. The lowest BCUT2D eigenvalue weighted by Gasteiger charge is -2.11. The summed E-state index contributed by atoms with van der Waals surface area (Å²) in [4.78, 5) is 20.4. The molecule has 20 heavy (non-hydrogen) atoms. The van der Waals surface area contributed by atoms with Gasteiger partial charge in [-0.15, -0.1) is 0 Å². The van der Waals surface area contributed by atoms with Crippen molar-refractivity contribution in [3.05, 3.63) is 33.4 Å². The third-order valence-electron chi connectivity index (χ3n) is 2.03. The Kier molecular flexibility index (Phi) is 4.57. The molecule has 1 rings (SSSR count). The van der Waals surface area contributed by atoms with Gasteiger partial charge in [0.1, 0.15) is 6.07 Å². The molecule has 0 amide bonds. The molecule has 0 aliphatic rings. The third-order valence-corrected chi connectivity index (χ3v) is 2.81. The maximum absolute atomic E-state index is 12.4. The summed E-state index contributed by atoms with van der Waals surface area (Å²) in [5.74, 6) is -1.18. The maximum Gasteiger partial charge on any atom is 0.446 e. The predicted molar refractivity (Wildman–Crippen MR) is 61.1 cm³/mol. The number of benzene rings is 1. The largest absolute Gasteiger partial charge is 0.465 e. The first-order valence-electron chi connectivity index (χ1n) is 4.76. The minimum atomic E-state index is -4.77. The SMILES string of the molecule is COC(=O)c1c(C#N)cc([N+](=O)[O-])cc1SC(F)(F)F. The zero-order chi connectivity index (χ0) is 15.5. The van der Waals surface area contributed by atoms with E-state index in [2.05, 4.69) is 4.74 Å². The van der Waals surface area contributed by atoms with E-state index in [0.717, 1.165) is 7.11 Å². The summed E-state index contributed by atoms with van der Waals surface area (Å²) in [5.41, 5.74) is -6.70. The second-order valence-electron chi connectivity index (χ2n) is 3.27. The van der Waals surface area contributed by atoms with Crippen LogP contribution in [-0.4, -0.2) is 23.5 Å². The highest BCUT2D eigenvalue weighted by Gasteiger charge is 2.34. The smallest absolute Gasteiger partial charge is 0.446 e. The number of nitro benzene ring substituents is 1. The summed E-state index contributed by atoms with van der Waals surface area (Å²) in [6, 6.07) is 2.74. The average molecular weight is 306 g/mol. The Balaban J connectivity index is 3.57. The molecule has 0 heterocycles. The monoisotopic (exact) mass is 306 g/mol. The van der Waals surface area contributed by atoms with E-state index in [1.54, 1.807) is 0 Å². The van der Waals surface area contributed by atoms with E-state index >= 15 is 0 Å². The molecule has 0 saturated heterocycles. The number of carbonyl (C=O) groups excluding carboxylic acids is 1. The molecule has 0 spiro atoms. The van der Waals surface area contributed by atoms with E-state index in [0.29, 0.717) is 12.1 Å². The molecule has 0 aliphatic heterocycles. The zero-order valence-electron chi connectivity index (χ0n) is 9.72. The van der Waals surface area contributed by atoms with Gasteiger partial charge in [-0.1, -0.05) is 0 Å². The normalized spacial score (nSPS) is 10.8. The van der Waals surface area contributed by atoms with Crippen molar-refractivity contribution in [3.63, 3.8) is 0 Å². The van der Waals surface area contributed by atoms with Crippen molar-refractivity contribution in [2.75, 3.05) is 7.11 Å². The number of nitrogens with zero attached hydrogens (tertiary/aromatic N) is 2. The minimum absolute atomic E-state index is 0.558. The molecular formula is C10H5F3N2O4S. The molecule has 0 bridgehead atoms. The van der Waals surface area contributed by atoms with Crippen molar-refractivity contribution < 1.29 is 27.6 Å². The number of carbonyl (C=O) groups is 1. The Morgan fingerprint density at radius 3 is 2.50 bits per heavy atom. The van der Waals surface area contributed by atoms with Crippen molar-refractivity contribution in [2.24, 2.45) is 0 Å². The van der Waals surface area contributed by atoms with E-state index in [1.807, 2.05) is 0 Å². The Bertz CT molecular complexity index is 610. The van der Waals surface area contributed by atoms with Crippen LogP contribution < -0.4 is 0 Å². The van der Waals surface area contributed by atoms with Crippen LogP contribution in [0.1, 0.15) is 15.9 Å². The quantitative estimate of drug-likeness (QED) is 0.369. The van der Waals surface area contributed by atoms with Crippen molar-refractivity contribution in [1.82, 2.24) is 0 Å². The fraction of sp³-hybridized carbons (Fsp3) is 0.200. The van der Waals surface area contributed by atoms with Crippen molar-refractivity contribution >= 4 is 23.4 Å². The first-order valence-corrected chi connectivity index (χ1v) is 5.58. The first kappa shape index (κ1) is 15.8. The fourth-order valence-electron chi connectivity index (χ4n) is 1.31. The number of hydrogen-bond donors (Lipinski definition) is 0. The average Bonchev–Trinajstić information content (AvgIpc) is 2.34. The van der Waals surface area contributed by atoms with Crippen LogP contribution in [0.25, 0.3) is 0 Å². The summed E-state index contributed by atoms with van der Waals surface area (Å²) in [7, 11) is 0.924. The number of halogens is 3. The van der Waals surface area contributed by atoms with Crippen LogP contribution in [0.2, 0.25) is 0 Å². The molecule has 0 atom stereocenters. The van der Waals surface area contributed by atoms with Crippen LogP contribution >= 0.6 is 11.8 Å². The molecule has 0 aliphatic carbocycles. The highest BCUT2D eigenvalue weighted by Crippen LogP contribution is 2.41. The number of nitro groups is 1. The molecule has 1 aromatic carbocycles. The van der Waals surface area contributed by atoms with Gasteiger partial charge in [-0.2, -0.15) is 18.4 Å². The van der Waals surface area contributed by atoms with E-state index in [9.17, 15) is 28.1 Å². The number of non-ortho nitro benzene ring substituents is 1. The number of hydrogen-bond acceptors (Lipinski definition) is 6. The number of thioether (sulfide) groups is 1. The van der Waals surface area contributed by atoms with Gasteiger partial charge >= 0.3 is 11.5 Å². The van der Waals surface area contributed by atoms with Gasteiger partial charge in [0.2, 0.25) is 0 Å². The van der Waals surface area contributed by atoms with Crippen LogP contribution in [0.5, 0.6) is 0 Å². The lowest BCUT2D eigenvalue weighted by atomic mass is 10.1. The number of ether oxygens (including phenoxy) is 1. The summed E-state index contributed by atoms with van der Waals surface area (Å²) in [5, 5.41) is 19.4. The number of methoxy groups -OCH3 is 1. The highest BCUT2D eigenvalue weighted by molar-refractivity contribution is 8.00. The highest BCUT2D eigenvalue weighted by atomic mass is 32.2. The molecule has 0 aromatic heterocycles. The number of esters is 1. The maximum atomic E-state index is 12.4. The van der Waals surface area contributed by atoms with Gasteiger partial charge < -0.3 is 4.74 Å². The number of rotatable bonds is 3. The van der Waals surface area contributed by atoms with Crippen molar-refractivity contribution in [2.45, 2.75) is 10.4 Å². The van der Waals surface area contributed by atoms with Gasteiger partial charge in [-0.3, -0.25) is 10.1 Å². The van der Waals surface area contributed by atoms with Gasteiger partial charge in [0.05, 0.1) is 23.2 Å². The van der Waals surface area contributed by atoms with Gasteiger partial charge in [0.15, 0.2) is 0 Å². The molecule has 0 unspecified atom stereocenters. The van der Waals surface area contributed by atoms with Crippen LogP contribution in [0.4, 0.5) is 18.9 Å². The van der Waals surface area contributed by atoms with Crippen LogP contribution in [0.15, 0.2) is 17.0 Å². The topological polar surface area (TPSA) is 93.2 Å². The lowest BCUT2D eigenvalue weighted by Crippen LogP contribution is -2.10. The van der Waals surface area contributed by atoms with Gasteiger partial charge in [0.25, 0.3) is 5.69 Å². The van der Waals surface area contributed by atoms with Crippen LogP contribution in [-0.2, 0) is 4.74 Å². The van der Waals surface area contributed by atoms with E-state index in [1.165, 1.54) is 6.07 Å². The standard InChI is InChI=1S/C10H5F3N2O4S/c1-19-9(16)8-5(4-14)2-6(15(17)18)3-7(8)20-10(11,12)13/h2-3H,1H3. The second-order valence-corrected chi connectivity index (χ2v) is 4.38. The molecule has 0 radical (unpaired) electrons. The molecule has 10 heteroatoms. The predicted octanol–water partition coefficient (Wildman–Crippen LogP) is 2.86. The molecule has 0 N–H and O–H groups in total. The number of alkyl halides is 3. The zero-order valence-corrected chi connectivity index (χ0v) is 10.5. The molecule has 6 nitrogen and oxygen atoms in total. The Hall–Kier alpha value is -2.28. The number of nitriles is 1. The molecule has 1 aromatic rings. The lowest BCUT2D eigenvalue weighted by molar-refractivity contribution is -0.385. The second kappa shape index (κ2) is 5.79. The van der Waals surface area contributed by atoms with E-state index in [-0.39, 0.29) is 0 Å². The van der Waals surface area contributed by atoms with E-state index < -0.39 is 49.9 Å². The fourth-order valence-corrected chi connectivity index (χ4v) is 2.04. The van der Waals surface area contributed by atoms with Gasteiger partial charge in [0, 0.05) is 17.0 Å². The van der Waals surface area contributed by atoms with E-state index in [4.69, 9.17) is 5.26 Å². The van der Waals surface area contributed by atoms with Crippen molar-refractivity contribution in [1.29, 1.82) is 5.26 Å². The Labute approximate surface area is 114 Å². The summed E-state index contributed by atoms with van der Waals surface area (Å²) in [6.45, 7) is 0. The third kappa shape index (κ3) is 3.61. The summed E-state index contributed by atoms with van der Waals surface area (Å²) >= 11 is -0.724. The summed E-state index contributed by atoms with van der Waals surface area (Å²) < 4.78 is 41.5. The molecule has 0 saturated carbocycles. The van der Waals surface area contributed by atoms with Crippen molar-refractivity contribution in [3.8, 4) is 6.07 Å².